The van der Waals surface area contributed by atoms with E-state index in [2.05, 4.69) is 64.5 Å². The lowest BCUT2D eigenvalue weighted by Crippen LogP contribution is -2.10. The van der Waals surface area contributed by atoms with Crippen molar-refractivity contribution in [3.63, 3.8) is 0 Å². The number of carbonyl (C=O) groups is 1. The van der Waals surface area contributed by atoms with E-state index in [9.17, 15) is 4.79 Å². The van der Waals surface area contributed by atoms with E-state index in [4.69, 9.17) is 4.98 Å². The summed E-state index contributed by atoms with van der Waals surface area (Å²) in [4.78, 5) is 17.8. The van der Waals surface area contributed by atoms with E-state index in [1.165, 1.54) is 16.9 Å². The molecule has 0 radical (unpaired) electrons. The Morgan fingerprint density at radius 1 is 0.839 bits per heavy atom. The van der Waals surface area contributed by atoms with Gasteiger partial charge in [0.25, 0.3) is 5.91 Å². The van der Waals surface area contributed by atoms with E-state index < -0.39 is 0 Å². The van der Waals surface area contributed by atoms with Crippen LogP contribution in [0.25, 0.3) is 16.7 Å². The Balaban J connectivity index is 1.34. The van der Waals surface area contributed by atoms with E-state index in [1.807, 2.05) is 41.8 Å². The highest BCUT2D eigenvalue weighted by molar-refractivity contribution is 7.12. The summed E-state index contributed by atoms with van der Waals surface area (Å²) in [5.41, 5.74) is 5.26. The van der Waals surface area contributed by atoms with Crippen molar-refractivity contribution in [2.24, 2.45) is 0 Å². The predicted octanol–water partition coefficient (Wildman–Crippen LogP) is 6.12. The molecular weight excluding hydrogens is 402 g/mol. The number of fused-ring (bicyclic) bond motifs is 1. The van der Waals surface area contributed by atoms with Crippen LogP contribution in [0.2, 0.25) is 0 Å². The van der Waals surface area contributed by atoms with Crippen LogP contribution in [-0.4, -0.2) is 15.5 Å². The van der Waals surface area contributed by atoms with Gasteiger partial charge in [0.05, 0.1) is 15.9 Å². The lowest BCUT2D eigenvalue weighted by molar-refractivity contribution is 0.103. The number of aromatic nitrogens is 2. The van der Waals surface area contributed by atoms with Crippen molar-refractivity contribution in [3.05, 3.63) is 113 Å². The fourth-order valence-electron chi connectivity index (χ4n) is 3.72. The van der Waals surface area contributed by atoms with E-state index in [0.717, 1.165) is 41.1 Å². The highest BCUT2D eigenvalue weighted by Gasteiger charge is 2.12. The predicted molar refractivity (Wildman–Crippen MR) is 127 cm³/mol. The Bertz CT molecular complexity index is 1310. The first-order valence-corrected chi connectivity index (χ1v) is 11.1. The average Bonchev–Trinajstić information content (AvgIpc) is 3.47. The number of aryl methyl sites for hydroxylation is 2. The minimum atomic E-state index is -0.0701. The Labute approximate surface area is 184 Å². The molecule has 0 aliphatic heterocycles. The van der Waals surface area contributed by atoms with E-state index in [1.54, 1.807) is 0 Å². The third kappa shape index (κ3) is 4.13. The van der Waals surface area contributed by atoms with Gasteiger partial charge in [-0.1, -0.05) is 48.5 Å². The molecule has 0 bridgehead atoms. The number of anilines is 1. The fraction of sp³-hybridized carbons (Fsp3) is 0.0769. The molecule has 0 saturated carbocycles. The maximum atomic E-state index is 12.2. The van der Waals surface area contributed by atoms with Crippen LogP contribution in [0.4, 0.5) is 5.69 Å². The molecule has 2 heterocycles. The highest BCUT2D eigenvalue weighted by atomic mass is 32.1. The van der Waals surface area contributed by atoms with Gasteiger partial charge in [0.2, 0.25) is 0 Å². The van der Waals surface area contributed by atoms with Crippen LogP contribution in [0.15, 0.2) is 96.4 Å². The number of hydrogen-bond acceptors (Lipinski definition) is 3. The third-order valence-electron chi connectivity index (χ3n) is 5.24. The standard InChI is InChI=1S/C26H21N3OS/c30-26(24-11-6-18-31-24)27-20-15-12-19(13-16-20)14-17-25-28-22-9-4-5-10-23(22)29(25)21-7-2-1-3-8-21/h1-13,15-16,18H,14,17H2,(H,27,30). The van der Waals surface area contributed by atoms with Crippen LogP contribution in [-0.2, 0) is 12.8 Å². The number of imidazole rings is 1. The molecule has 1 N–H and O–H groups in total. The van der Waals surface area contributed by atoms with Gasteiger partial charge in [-0.15, -0.1) is 11.3 Å². The van der Waals surface area contributed by atoms with Crippen molar-refractivity contribution in [2.75, 3.05) is 5.32 Å². The fourth-order valence-corrected chi connectivity index (χ4v) is 4.34. The first-order chi connectivity index (χ1) is 15.3. The molecule has 3 aromatic carbocycles. The molecule has 0 atom stereocenters. The Morgan fingerprint density at radius 2 is 1.61 bits per heavy atom. The molecule has 2 aromatic heterocycles. The van der Waals surface area contributed by atoms with Gasteiger partial charge in [0.15, 0.2) is 0 Å². The molecule has 152 valence electrons. The number of rotatable bonds is 6. The first kappa shape index (κ1) is 19.3. The second-order valence-electron chi connectivity index (χ2n) is 7.32. The first-order valence-electron chi connectivity index (χ1n) is 10.2. The summed E-state index contributed by atoms with van der Waals surface area (Å²) in [6.45, 7) is 0. The molecule has 5 aromatic rings. The van der Waals surface area contributed by atoms with Gasteiger partial charge in [-0.2, -0.15) is 0 Å². The smallest absolute Gasteiger partial charge is 0.265 e. The number of amides is 1. The molecule has 1 amide bonds. The summed E-state index contributed by atoms with van der Waals surface area (Å²) >= 11 is 1.44. The molecule has 31 heavy (non-hydrogen) atoms. The number of thiophene rings is 1. The Morgan fingerprint density at radius 3 is 2.39 bits per heavy atom. The van der Waals surface area contributed by atoms with E-state index in [-0.39, 0.29) is 5.91 Å². The van der Waals surface area contributed by atoms with Crippen LogP contribution in [0.1, 0.15) is 21.1 Å². The van der Waals surface area contributed by atoms with Crippen LogP contribution in [0.5, 0.6) is 0 Å². The average molecular weight is 424 g/mol. The summed E-state index contributed by atoms with van der Waals surface area (Å²) in [6, 6.07) is 30.4. The monoisotopic (exact) mass is 423 g/mol. The topological polar surface area (TPSA) is 46.9 Å². The maximum Gasteiger partial charge on any atom is 0.265 e. The number of nitrogens with one attached hydrogen (secondary N) is 1. The molecule has 5 rings (SSSR count). The van der Waals surface area contributed by atoms with Gasteiger partial charge in [-0.3, -0.25) is 9.36 Å². The molecule has 0 unspecified atom stereocenters. The molecule has 5 heteroatoms. The molecule has 0 saturated heterocycles. The van der Waals surface area contributed by atoms with Crippen LogP contribution >= 0.6 is 11.3 Å². The van der Waals surface area contributed by atoms with Crippen molar-refractivity contribution in [1.82, 2.24) is 9.55 Å². The highest BCUT2D eigenvalue weighted by Crippen LogP contribution is 2.23. The molecule has 4 nitrogen and oxygen atoms in total. The lowest BCUT2D eigenvalue weighted by Gasteiger charge is -2.10. The lowest BCUT2D eigenvalue weighted by atomic mass is 10.1. The third-order valence-corrected chi connectivity index (χ3v) is 6.11. The van der Waals surface area contributed by atoms with Crippen molar-refractivity contribution in [3.8, 4) is 5.69 Å². The van der Waals surface area contributed by atoms with Crippen molar-refractivity contribution >= 4 is 34.0 Å². The van der Waals surface area contributed by atoms with Crippen LogP contribution < -0.4 is 5.32 Å². The second-order valence-corrected chi connectivity index (χ2v) is 8.26. The molecule has 0 fully saturated rings. The minimum Gasteiger partial charge on any atom is -0.321 e. The quantitative estimate of drug-likeness (QED) is 0.357. The van der Waals surface area contributed by atoms with Crippen LogP contribution in [0, 0.1) is 0 Å². The largest absolute Gasteiger partial charge is 0.321 e. The number of benzene rings is 3. The number of hydrogen-bond donors (Lipinski definition) is 1. The van der Waals surface area contributed by atoms with Crippen molar-refractivity contribution in [1.29, 1.82) is 0 Å². The minimum absolute atomic E-state index is 0.0701. The second kappa shape index (κ2) is 8.58. The van der Waals surface area contributed by atoms with Crippen molar-refractivity contribution in [2.45, 2.75) is 12.8 Å². The zero-order valence-electron chi connectivity index (χ0n) is 16.9. The number of carbonyl (C=O) groups excluding carboxylic acids is 1. The number of para-hydroxylation sites is 3. The maximum absolute atomic E-state index is 12.2. The SMILES string of the molecule is O=C(Nc1ccc(CCc2nc3ccccc3n2-c2ccccc2)cc1)c1cccs1. The van der Waals surface area contributed by atoms with Gasteiger partial charge in [-0.25, -0.2) is 4.98 Å². The van der Waals surface area contributed by atoms with Gasteiger partial charge >= 0.3 is 0 Å². The summed E-state index contributed by atoms with van der Waals surface area (Å²) < 4.78 is 2.24. The number of nitrogens with zero attached hydrogens (tertiary/aromatic N) is 2. The summed E-state index contributed by atoms with van der Waals surface area (Å²) in [5, 5.41) is 4.85. The van der Waals surface area contributed by atoms with E-state index in [0.29, 0.717) is 4.88 Å². The summed E-state index contributed by atoms with van der Waals surface area (Å²) in [5.74, 6) is 0.974. The Kier molecular flexibility index (Phi) is 5.33. The summed E-state index contributed by atoms with van der Waals surface area (Å²) in [6.07, 6.45) is 1.69. The molecule has 0 spiro atoms. The Hall–Kier alpha value is -3.70. The molecule has 0 aliphatic carbocycles. The zero-order chi connectivity index (χ0) is 21.0. The van der Waals surface area contributed by atoms with Gasteiger partial charge < -0.3 is 5.32 Å². The molecular formula is C26H21N3OS. The van der Waals surface area contributed by atoms with Crippen molar-refractivity contribution < 1.29 is 4.79 Å². The zero-order valence-corrected chi connectivity index (χ0v) is 17.7. The molecule has 0 aliphatic rings. The van der Waals surface area contributed by atoms with Gasteiger partial charge in [0, 0.05) is 17.8 Å². The van der Waals surface area contributed by atoms with Gasteiger partial charge in [0.1, 0.15) is 5.82 Å². The normalized spacial score (nSPS) is 11.0. The van der Waals surface area contributed by atoms with E-state index >= 15 is 0 Å². The van der Waals surface area contributed by atoms with Crippen LogP contribution in [0.3, 0.4) is 0 Å². The van der Waals surface area contributed by atoms with Gasteiger partial charge in [-0.05, 0) is 59.8 Å². The summed E-state index contributed by atoms with van der Waals surface area (Å²) in [7, 11) is 0.